The lowest BCUT2D eigenvalue weighted by Gasteiger charge is -2.00. The van der Waals surface area contributed by atoms with Gasteiger partial charge in [0, 0.05) is 16.9 Å². The first-order chi connectivity index (χ1) is 6.18. The van der Waals surface area contributed by atoms with Crippen molar-refractivity contribution in [2.45, 2.75) is 0 Å². The summed E-state index contributed by atoms with van der Waals surface area (Å²) >= 11 is 3.22. The number of aromatic nitrogens is 2. The number of fused-ring (bicyclic) bond motifs is 1. The van der Waals surface area contributed by atoms with Crippen LogP contribution in [0.25, 0.3) is 5.65 Å². The number of aromatic carboxylic acids is 1. The minimum Gasteiger partial charge on any atom is -0.477 e. The molecule has 0 aliphatic heterocycles. The van der Waals surface area contributed by atoms with Crippen LogP contribution in [-0.4, -0.2) is 20.5 Å². The maximum atomic E-state index is 10.8. The van der Waals surface area contributed by atoms with Crippen molar-refractivity contribution in [3.05, 3.63) is 34.7 Å². The van der Waals surface area contributed by atoms with Gasteiger partial charge in [-0.2, -0.15) is 0 Å². The van der Waals surface area contributed by atoms with Gasteiger partial charge in [0.15, 0.2) is 0 Å². The molecular weight excluding hydrogens is 236 g/mol. The Balaban J connectivity index is 2.84. The summed E-state index contributed by atoms with van der Waals surface area (Å²) in [5.74, 6) is -0.968. The van der Waals surface area contributed by atoms with E-state index in [1.165, 1.54) is 10.5 Å². The summed E-state index contributed by atoms with van der Waals surface area (Å²) < 4.78 is 2.23. The SMILES string of the molecule is O=C(O)c1cc(Br)cc2nccn12. The summed E-state index contributed by atoms with van der Waals surface area (Å²) in [6, 6.07) is 3.30. The van der Waals surface area contributed by atoms with Crippen LogP contribution in [0.4, 0.5) is 0 Å². The first-order valence-corrected chi connectivity index (χ1v) is 4.33. The van der Waals surface area contributed by atoms with Gasteiger partial charge in [-0.25, -0.2) is 9.78 Å². The number of carbonyl (C=O) groups is 1. The van der Waals surface area contributed by atoms with Gasteiger partial charge in [-0.1, -0.05) is 15.9 Å². The highest BCUT2D eigenvalue weighted by molar-refractivity contribution is 9.10. The number of carboxylic acids is 1. The Morgan fingerprint density at radius 2 is 2.31 bits per heavy atom. The van der Waals surface area contributed by atoms with Crippen molar-refractivity contribution in [2.24, 2.45) is 0 Å². The predicted octanol–water partition coefficient (Wildman–Crippen LogP) is 1.79. The molecule has 4 nitrogen and oxygen atoms in total. The van der Waals surface area contributed by atoms with Crippen molar-refractivity contribution in [2.75, 3.05) is 0 Å². The molecule has 66 valence electrons. The van der Waals surface area contributed by atoms with Crippen LogP contribution in [-0.2, 0) is 0 Å². The average Bonchev–Trinajstić information content (AvgIpc) is 2.49. The quantitative estimate of drug-likeness (QED) is 0.828. The number of carboxylic acid groups (broad SMARTS) is 1. The molecule has 2 heterocycles. The monoisotopic (exact) mass is 240 g/mol. The molecule has 0 bridgehead atoms. The van der Waals surface area contributed by atoms with Gasteiger partial charge in [0.1, 0.15) is 11.3 Å². The third kappa shape index (κ3) is 1.31. The molecule has 0 spiro atoms. The van der Waals surface area contributed by atoms with Gasteiger partial charge >= 0.3 is 5.97 Å². The normalized spacial score (nSPS) is 10.5. The lowest BCUT2D eigenvalue weighted by molar-refractivity contribution is 0.0689. The molecule has 0 saturated carbocycles. The van der Waals surface area contributed by atoms with Crippen LogP contribution in [0.15, 0.2) is 29.0 Å². The molecule has 0 atom stereocenters. The number of pyridine rings is 1. The molecule has 0 fully saturated rings. The predicted molar refractivity (Wildman–Crippen MR) is 49.9 cm³/mol. The van der Waals surface area contributed by atoms with Crippen LogP contribution in [0.3, 0.4) is 0 Å². The summed E-state index contributed by atoms with van der Waals surface area (Å²) in [5, 5.41) is 8.86. The summed E-state index contributed by atoms with van der Waals surface area (Å²) in [4.78, 5) is 14.8. The molecule has 0 amide bonds. The van der Waals surface area contributed by atoms with Crippen LogP contribution in [0.1, 0.15) is 10.5 Å². The molecule has 0 radical (unpaired) electrons. The van der Waals surface area contributed by atoms with Gasteiger partial charge in [-0.05, 0) is 12.1 Å². The number of imidazole rings is 1. The van der Waals surface area contributed by atoms with E-state index in [4.69, 9.17) is 5.11 Å². The minimum atomic E-state index is -0.968. The van der Waals surface area contributed by atoms with Crippen molar-refractivity contribution in [3.63, 3.8) is 0 Å². The van der Waals surface area contributed by atoms with Gasteiger partial charge in [0.2, 0.25) is 0 Å². The number of hydrogen-bond acceptors (Lipinski definition) is 2. The Morgan fingerprint density at radius 3 is 3.00 bits per heavy atom. The molecule has 0 aromatic carbocycles. The molecule has 0 unspecified atom stereocenters. The summed E-state index contributed by atoms with van der Waals surface area (Å²) in [6.45, 7) is 0. The van der Waals surface area contributed by atoms with E-state index in [0.29, 0.717) is 10.1 Å². The molecule has 5 heteroatoms. The van der Waals surface area contributed by atoms with Crippen LogP contribution in [0.2, 0.25) is 0 Å². The third-order valence-corrected chi connectivity index (χ3v) is 2.15. The number of halogens is 1. The summed E-state index contributed by atoms with van der Waals surface area (Å²) in [7, 11) is 0. The first kappa shape index (κ1) is 8.25. The minimum absolute atomic E-state index is 0.196. The standard InChI is InChI=1S/C8H5BrN2O2/c9-5-3-6(8(12)13)11-2-1-10-7(11)4-5/h1-4H,(H,12,13). The number of hydrogen-bond donors (Lipinski definition) is 1. The second-order valence-corrected chi connectivity index (χ2v) is 3.44. The zero-order valence-electron chi connectivity index (χ0n) is 6.44. The molecule has 2 rings (SSSR count). The Labute approximate surface area is 82.0 Å². The van der Waals surface area contributed by atoms with Crippen LogP contribution >= 0.6 is 15.9 Å². The Kier molecular flexibility index (Phi) is 1.81. The van der Waals surface area contributed by atoms with Gasteiger partial charge < -0.3 is 5.11 Å². The molecular formula is C8H5BrN2O2. The highest BCUT2D eigenvalue weighted by Crippen LogP contribution is 2.15. The maximum absolute atomic E-state index is 10.8. The van der Waals surface area contributed by atoms with Crippen molar-refractivity contribution in [1.29, 1.82) is 0 Å². The highest BCUT2D eigenvalue weighted by atomic mass is 79.9. The fraction of sp³-hybridized carbons (Fsp3) is 0. The largest absolute Gasteiger partial charge is 0.477 e. The van der Waals surface area contributed by atoms with Crippen molar-refractivity contribution in [1.82, 2.24) is 9.38 Å². The molecule has 0 aliphatic rings. The van der Waals surface area contributed by atoms with E-state index in [1.54, 1.807) is 18.5 Å². The van der Waals surface area contributed by atoms with Gasteiger partial charge in [0.25, 0.3) is 0 Å². The Hall–Kier alpha value is -1.36. The summed E-state index contributed by atoms with van der Waals surface area (Å²) in [5.41, 5.74) is 0.814. The van der Waals surface area contributed by atoms with E-state index in [-0.39, 0.29) is 5.69 Å². The first-order valence-electron chi connectivity index (χ1n) is 3.54. The van der Waals surface area contributed by atoms with Gasteiger partial charge in [-0.15, -0.1) is 0 Å². The Bertz CT molecular complexity index is 478. The number of nitrogens with zero attached hydrogens (tertiary/aromatic N) is 2. The van der Waals surface area contributed by atoms with E-state index < -0.39 is 5.97 Å². The smallest absolute Gasteiger partial charge is 0.352 e. The van der Waals surface area contributed by atoms with Crippen molar-refractivity contribution >= 4 is 27.5 Å². The second-order valence-electron chi connectivity index (χ2n) is 2.52. The topological polar surface area (TPSA) is 54.6 Å². The van der Waals surface area contributed by atoms with Crippen LogP contribution < -0.4 is 0 Å². The van der Waals surface area contributed by atoms with Crippen LogP contribution in [0, 0.1) is 0 Å². The zero-order valence-corrected chi connectivity index (χ0v) is 8.02. The van der Waals surface area contributed by atoms with Crippen LogP contribution in [0.5, 0.6) is 0 Å². The van der Waals surface area contributed by atoms with E-state index >= 15 is 0 Å². The molecule has 0 saturated heterocycles. The molecule has 1 N–H and O–H groups in total. The van der Waals surface area contributed by atoms with Gasteiger partial charge in [0.05, 0.1) is 0 Å². The molecule has 2 aromatic rings. The van der Waals surface area contributed by atoms with Crippen molar-refractivity contribution in [3.8, 4) is 0 Å². The highest BCUT2D eigenvalue weighted by Gasteiger charge is 2.09. The fourth-order valence-electron chi connectivity index (χ4n) is 1.16. The van der Waals surface area contributed by atoms with Gasteiger partial charge in [-0.3, -0.25) is 4.40 Å². The Morgan fingerprint density at radius 1 is 1.54 bits per heavy atom. The summed E-state index contributed by atoms with van der Waals surface area (Å²) in [6.07, 6.45) is 3.18. The molecule has 2 aromatic heterocycles. The number of rotatable bonds is 1. The van der Waals surface area contributed by atoms with Crippen molar-refractivity contribution < 1.29 is 9.90 Å². The van der Waals surface area contributed by atoms with E-state index in [0.717, 1.165) is 0 Å². The van der Waals surface area contributed by atoms with E-state index in [1.807, 2.05) is 0 Å². The molecule has 13 heavy (non-hydrogen) atoms. The average molecular weight is 241 g/mol. The lowest BCUT2D eigenvalue weighted by atomic mass is 10.3. The fourth-order valence-corrected chi connectivity index (χ4v) is 1.58. The lowest BCUT2D eigenvalue weighted by Crippen LogP contribution is -2.04. The molecule has 0 aliphatic carbocycles. The van der Waals surface area contributed by atoms with E-state index in [9.17, 15) is 4.79 Å². The zero-order chi connectivity index (χ0) is 9.42. The van der Waals surface area contributed by atoms with E-state index in [2.05, 4.69) is 20.9 Å². The third-order valence-electron chi connectivity index (χ3n) is 1.69. The maximum Gasteiger partial charge on any atom is 0.352 e. The second kappa shape index (κ2) is 2.85.